The van der Waals surface area contributed by atoms with Crippen molar-refractivity contribution in [1.82, 2.24) is 10.7 Å². The van der Waals surface area contributed by atoms with Crippen molar-refractivity contribution in [3.63, 3.8) is 0 Å². The third-order valence-corrected chi connectivity index (χ3v) is 2.76. The van der Waals surface area contributed by atoms with Crippen LogP contribution in [-0.2, 0) is 14.3 Å². The van der Waals surface area contributed by atoms with Gasteiger partial charge in [-0.3, -0.25) is 5.43 Å². The molecule has 0 atom stereocenters. The fourth-order valence-electron chi connectivity index (χ4n) is 1.49. The fourth-order valence-corrected chi connectivity index (χ4v) is 1.68. The highest BCUT2D eigenvalue weighted by molar-refractivity contribution is 6.31. The summed E-state index contributed by atoms with van der Waals surface area (Å²) in [6.07, 6.45) is 1.22. The summed E-state index contributed by atoms with van der Waals surface area (Å²) < 4.78 is 9.14. The van der Waals surface area contributed by atoms with E-state index in [0.717, 1.165) is 11.6 Å². The molecule has 0 radical (unpaired) electrons. The maximum absolute atomic E-state index is 11.4. The number of esters is 1. The monoisotopic (exact) mass is 353 g/mol. The maximum atomic E-state index is 11.4. The molecule has 8 heteroatoms. The number of halogens is 1. The van der Waals surface area contributed by atoms with Crippen LogP contribution >= 0.6 is 11.6 Å². The number of rotatable bonds is 6. The first-order valence-corrected chi connectivity index (χ1v) is 7.62. The molecule has 130 valence electrons. The topological polar surface area (TPSA) is 89.0 Å². The number of nitrogens with one attached hydrogen (secondary N) is 2. The molecule has 0 aliphatic rings. The molecule has 1 rings (SSSR count). The molecule has 0 amide bonds. The number of nitrogens with zero attached hydrogens (tertiary/aromatic N) is 1. The zero-order valence-electron chi connectivity index (χ0n) is 13.7. The fraction of sp³-hybridized carbons (Fsp3) is 0.312. The molecule has 0 saturated carbocycles. The standard InChI is InChI=1S/C16H20ClN3O4/c1-11(2)10-23-16(22)24-14(21)7-8-19-20-15(18-3)12-5-4-6-13(17)9-12/h4-9,11,19H,10H2,1-3H3,(H,18,20)/b8-7-. The summed E-state index contributed by atoms with van der Waals surface area (Å²) in [7, 11) is 1.70. The second-order valence-electron chi connectivity index (χ2n) is 5.06. The molecule has 1 aromatic rings. The summed E-state index contributed by atoms with van der Waals surface area (Å²) in [6, 6.07) is 7.10. The van der Waals surface area contributed by atoms with Gasteiger partial charge in [-0.15, -0.1) is 0 Å². The number of hydrogen-bond donors (Lipinski definition) is 2. The molecule has 0 fully saturated rings. The van der Waals surface area contributed by atoms with E-state index in [9.17, 15) is 9.59 Å². The van der Waals surface area contributed by atoms with Gasteiger partial charge < -0.3 is 14.8 Å². The molecule has 0 bridgehead atoms. The molecule has 0 spiro atoms. The van der Waals surface area contributed by atoms with Gasteiger partial charge in [-0.05, 0) is 18.1 Å². The first-order valence-electron chi connectivity index (χ1n) is 7.24. The van der Waals surface area contributed by atoms with Crippen molar-refractivity contribution in [2.45, 2.75) is 13.8 Å². The molecule has 0 heterocycles. The van der Waals surface area contributed by atoms with Crippen molar-refractivity contribution in [1.29, 1.82) is 0 Å². The molecule has 0 aromatic heterocycles. The first kappa shape index (κ1) is 19.5. The van der Waals surface area contributed by atoms with Gasteiger partial charge in [-0.2, -0.15) is 5.10 Å². The van der Waals surface area contributed by atoms with E-state index in [1.807, 2.05) is 19.9 Å². The van der Waals surface area contributed by atoms with E-state index in [1.165, 1.54) is 6.20 Å². The smallest absolute Gasteiger partial charge is 0.434 e. The maximum Gasteiger partial charge on any atom is 0.516 e. The zero-order chi connectivity index (χ0) is 17.9. The lowest BCUT2D eigenvalue weighted by atomic mass is 10.2. The average Bonchev–Trinajstić information content (AvgIpc) is 2.53. The van der Waals surface area contributed by atoms with Gasteiger partial charge in [0.05, 0.1) is 6.61 Å². The average molecular weight is 354 g/mol. The molecule has 0 aliphatic carbocycles. The lowest BCUT2D eigenvalue weighted by molar-refractivity contribution is -0.134. The van der Waals surface area contributed by atoms with Crippen LogP contribution in [0.3, 0.4) is 0 Å². The van der Waals surface area contributed by atoms with E-state index in [-0.39, 0.29) is 12.5 Å². The van der Waals surface area contributed by atoms with Crippen LogP contribution in [0.1, 0.15) is 19.4 Å². The second kappa shape index (κ2) is 10.3. The number of hydrogen-bond acceptors (Lipinski definition) is 6. The van der Waals surface area contributed by atoms with Gasteiger partial charge in [0.15, 0.2) is 5.84 Å². The largest absolute Gasteiger partial charge is 0.516 e. The van der Waals surface area contributed by atoms with Crippen molar-refractivity contribution < 1.29 is 19.1 Å². The Labute approximate surface area is 145 Å². The van der Waals surface area contributed by atoms with Crippen LogP contribution < -0.4 is 10.7 Å². The van der Waals surface area contributed by atoms with Gasteiger partial charge in [-0.1, -0.05) is 37.6 Å². The Morgan fingerprint density at radius 1 is 1.38 bits per heavy atom. The number of benzene rings is 1. The SMILES string of the molecule is CN/C(=N\N/C=C\C(=O)OC(=O)OCC(C)C)c1cccc(Cl)c1. The molecular weight excluding hydrogens is 334 g/mol. The van der Waals surface area contributed by atoms with Crippen molar-refractivity contribution in [3.05, 3.63) is 47.1 Å². The summed E-state index contributed by atoms with van der Waals surface area (Å²) in [5, 5.41) is 7.53. The van der Waals surface area contributed by atoms with Gasteiger partial charge in [0, 0.05) is 29.9 Å². The Balaban J connectivity index is 2.50. The quantitative estimate of drug-likeness (QED) is 0.204. The number of amidine groups is 1. The Bertz CT molecular complexity index is 630. The normalized spacial score (nSPS) is 11.5. The van der Waals surface area contributed by atoms with Crippen molar-refractivity contribution in [2.75, 3.05) is 13.7 Å². The van der Waals surface area contributed by atoms with Crippen molar-refractivity contribution >= 4 is 29.6 Å². The predicted octanol–water partition coefficient (Wildman–Crippen LogP) is 2.66. The van der Waals surface area contributed by atoms with E-state index in [4.69, 9.17) is 16.3 Å². The van der Waals surface area contributed by atoms with Crippen LogP contribution in [-0.4, -0.2) is 31.6 Å². The van der Waals surface area contributed by atoms with Crippen molar-refractivity contribution in [2.24, 2.45) is 11.0 Å². The second-order valence-corrected chi connectivity index (χ2v) is 5.50. The van der Waals surface area contributed by atoms with Gasteiger partial charge in [0.25, 0.3) is 0 Å². The lowest BCUT2D eigenvalue weighted by Gasteiger charge is -2.06. The highest BCUT2D eigenvalue weighted by Gasteiger charge is 2.09. The van der Waals surface area contributed by atoms with Crippen molar-refractivity contribution in [3.8, 4) is 0 Å². The van der Waals surface area contributed by atoms with E-state index >= 15 is 0 Å². The van der Waals surface area contributed by atoms with E-state index in [2.05, 4.69) is 20.6 Å². The van der Waals surface area contributed by atoms with Gasteiger partial charge in [-0.25, -0.2) is 9.59 Å². The highest BCUT2D eigenvalue weighted by atomic mass is 35.5. The Morgan fingerprint density at radius 3 is 2.75 bits per heavy atom. The third-order valence-electron chi connectivity index (χ3n) is 2.52. The number of ether oxygens (including phenoxy) is 2. The molecule has 24 heavy (non-hydrogen) atoms. The minimum absolute atomic E-state index is 0.158. The number of hydrazone groups is 1. The number of carbonyl (C=O) groups is 2. The zero-order valence-corrected chi connectivity index (χ0v) is 14.5. The Hall–Kier alpha value is -2.54. The summed E-state index contributed by atoms with van der Waals surface area (Å²) in [6.45, 7) is 3.93. The predicted molar refractivity (Wildman–Crippen MR) is 91.6 cm³/mol. The molecule has 0 unspecified atom stereocenters. The van der Waals surface area contributed by atoms with Crippen LogP contribution in [0, 0.1) is 5.92 Å². The molecular formula is C16H20ClN3O4. The minimum atomic E-state index is -1.03. The first-order chi connectivity index (χ1) is 11.4. The molecule has 2 N–H and O–H groups in total. The van der Waals surface area contributed by atoms with E-state index < -0.39 is 12.1 Å². The Morgan fingerprint density at radius 2 is 2.12 bits per heavy atom. The van der Waals surface area contributed by atoms with Crippen LogP contribution in [0.2, 0.25) is 5.02 Å². The summed E-state index contributed by atoms with van der Waals surface area (Å²) >= 11 is 5.92. The third kappa shape index (κ3) is 7.64. The van der Waals surface area contributed by atoms with Crippen LogP contribution in [0.15, 0.2) is 41.6 Å². The summed E-state index contributed by atoms with van der Waals surface area (Å²) in [5.41, 5.74) is 3.33. The summed E-state index contributed by atoms with van der Waals surface area (Å²) in [4.78, 5) is 22.6. The van der Waals surface area contributed by atoms with Gasteiger partial charge >= 0.3 is 12.1 Å². The Kier molecular flexibility index (Phi) is 8.35. The number of carbonyl (C=O) groups excluding carboxylic acids is 2. The molecule has 0 saturated heterocycles. The van der Waals surface area contributed by atoms with E-state index in [1.54, 1.807) is 25.2 Å². The molecule has 1 aromatic carbocycles. The van der Waals surface area contributed by atoms with Crippen LogP contribution in [0.5, 0.6) is 0 Å². The lowest BCUT2D eigenvalue weighted by Crippen LogP contribution is -2.22. The van der Waals surface area contributed by atoms with Crippen LogP contribution in [0.25, 0.3) is 0 Å². The summed E-state index contributed by atoms with van der Waals surface area (Å²) in [5.74, 6) is -0.183. The van der Waals surface area contributed by atoms with Gasteiger partial charge in [0.1, 0.15) is 0 Å². The highest BCUT2D eigenvalue weighted by Crippen LogP contribution is 2.10. The van der Waals surface area contributed by atoms with E-state index in [0.29, 0.717) is 10.9 Å². The van der Waals surface area contributed by atoms with Gasteiger partial charge in [0.2, 0.25) is 0 Å². The molecule has 7 nitrogen and oxygen atoms in total. The minimum Gasteiger partial charge on any atom is -0.434 e. The molecule has 0 aliphatic heterocycles. The van der Waals surface area contributed by atoms with Crippen LogP contribution in [0.4, 0.5) is 4.79 Å².